The molecule has 5 aromatic heterocycles. The number of rotatable bonds is 10. The number of aldehydes is 1. The fourth-order valence-electron chi connectivity index (χ4n) is 7.99. The number of hydrogen-bond donors (Lipinski definition) is 8. The van der Waals surface area contributed by atoms with E-state index in [2.05, 4.69) is 83.4 Å². The fraction of sp³-hybridized carbons (Fsp3) is 0.145. The molecule has 2 aliphatic heterocycles. The fourth-order valence-corrected chi connectivity index (χ4v) is 9.82. The lowest BCUT2D eigenvalue weighted by Gasteiger charge is -2.16. The van der Waals surface area contributed by atoms with Crippen LogP contribution in [0.1, 0.15) is 91.0 Å². The number of nitrogens with two attached hydrogens (primary N) is 2. The Balaban J connectivity index is 0.000000152. The zero-order chi connectivity index (χ0) is 62.1. The number of amides is 5. The van der Waals surface area contributed by atoms with Gasteiger partial charge in [-0.2, -0.15) is 0 Å². The van der Waals surface area contributed by atoms with Crippen LogP contribution in [0.5, 0.6) is 0 Å². The standard InChI is InChI=1S/C21H16ClFN6O3.C13H7BrClFN2O2.C8H10N4O.C7H5FO.C6H4BrClN2O2/c22-13-7-14(26-15-8-16(25-9-24-15)27-19(30)10-4-5-10)21(32)29-17(13)20(31)28-18(29)11-2-1-3-12(23)6-11;14-8-5-9(15)10-12(19)17-11(18(10)13(8)20)6-2-1-3-7(16)4-6;9-6-3-7(11-4-10-6)12-8(13)5-1-2-5;8-7-3-1-2-6(4-7)5-9;7-2-1-3(8)4(5(9)11)10-6(2)12/h1-3,6-10,18H,4-5H2,(H,28,31)(H2,24,25,26,27,30);1-5,11H,(H,17,19);3-5H,1-2H2,(H3,9,10,11,12,13);1-5H;1H,(H2,9,11)(H,10,12). The third-order valence-corrected chi connectivity index (χ3v) is 14.4. The van der Waals surface area contributed by atoms with Crippen molar-refractivity contribution in [1.29, 1.82) is 0 Å². The summed E-state index contributed by atoms with van der Waals surface area (Å²) in [6.07, 6.45) is 5.17. The van der Waals surface area contributed by atoms with Crippen LogP contribution in [-0.2, 0) is 9.59 Å². The lowest BCUT2D eigenvalue weighted by Crippen LogP contribution is -2.29. The third-order valence-electron chi connectivity index (χ3n) is 12.3. The highest BCUT2D eigenvalue weighted by Gasteiger charge is 2.36. The zero-order valence-electron chi connectivity index (χ0n) is 43.7. The monoisotopic (exact) mass is 1360 g/mol. The van der Waals surface area contributed by atoms with Crippen LogP contribution in [0.15, 0.2) is 139 Å². The number of nitrogens with zero attached hydrogens (tertiary/aromatic N) is 6. The molecule has 0 saturated heterocycles. The number of hydrogen-bond acceptors (Lipinski definition) is 15. The Kier molecular flexibility index (Phi) is 20.3. The van der Waals surface area contributed by atoms with Gasteiger partial charge in [0, 0.05) is 29.5 Å². The minimum atomic E-state index is -0.918. The molecule has 5 amide bonds. The summed E-state index contributed by atoms with van der Waals surface area (Å²) in [6.45, 7) is 0. The van der Waals surface area contributed by atoms with E-state index in [9.17, 15) is 56.3 Å². The molecule has 2 saturated carbocycles. The van der Waals surface area contributed by atoms with E-state index in [1.165, 1.54) is 101 Å². The lowest BCUT2D eigenvalue weighted by atomic mass is 10.1. The van der Waals surface area contributed by atoms with Crippen LogP contribution in [0, 0.1) is 29.3 Å². The summed E-state index contributed by atoms with van der Waals surface area (Å²) < 4.78 is 42.2. The van der Waals surface area contributed by atoms with Gasteiger partial charge in [-0.15, -0.1) is 0 Å². The van der Waals surface area contributed by atoms with Crippen molar-refractivity contribution in [2.45, 2.75) is 38.0 Å². The van der Waals surface area contributed by atoms with Crippen LogP contribution in [0.4, 0.5) is 42.1 Å². The van der Waals surface area contributed by atoms with Gasteiger partial charge in [0.1, 0.15) is 94.8 Å². The number of aromatic amines is 1. The first-order chi connectivity index (χ1) is 41.0. The number of carbonyl (C=O) groups excluding carboxylic acids is 6. The van der Waals surface area contributed by atoms with Crippen LogP contribution in [0.25, 0.3) is 0 Å². The predicted octanol–water partition coefficient (Wildman–Crippen LogP) is 8.44. The SMILES string of the molecule is NC(=O)c1[nH]c(=O)c(Br)cc1Cl.Nc1cc(NC(=O)C2CC2)ncn1.O=C1NC(c2cccc(F)c2)n2c1c(Cl)cc(Br)c2=O.O=C1NC(c2cccc(F)c2)n2c1c(Cl)cc(Nc1cc(NC(=O)C3CC3)ncn1)c2=O.O=Cc1cccc(F)c1. The minimum absolute atomic E-state index is 0.00586. The Morgan fingerprint density at radius 1 is 0.605 bits per heavy atom. The molecular weight excluding hydrogens is 1320 g/mol. The van der Waals surface area contributed by atoms with E-state index in [1.807, 2.05) is 0 Å². The van der Waals surface area contributed by atoms with E-state index in [0.717, 1.165) is 25.7 Å². The Bertz CT molecular complexity index is 4190. The van der Waals surface area contributed by atoms with E-state index >= 15 is 0 Å². The Hall–Kier alpha value is -9.09. The number of pyridine rings is 3. The van der Waals surface area contributed by atoms with Crippen LogP contribution in [0.3, 0.4) is 0 Å². The maximum atomic E-state index is 13.7. The average Bonchev–Trinajstić information content (AvgIpc) is 1.77. The number of H-pyrrole nitrogens is 1. The van der Waals surface area contributed by atoms with Gasteiger partial charge in [0.25, 0.3) is 34.4 Å². The minimum Gasteiger partial charge on any atom is -0.384 e. The second kappa shape index (κ2) is 27.7. The van der Waals surface area contributed by atoms with Crippen molar-refractivity contribution in [1.82, 2.24) is 44.7 Å². The van der Waals surface area contributed by atoms with Gasteiger partial charge in [-0.05, 0) is 123 Å². The maximum absolute atomic E-state index is 13.7. The number of aromatic nitrogens is 7. The summed E-state index contributed by atoms with van der Waals surface area (Å²) in [4.78, 5) is 123. The van der Waals surface area contributed by atoms with Gasteiger partial charge in [-0.25, -0.2) is 33.1 Å². The van der Waals surface area contributed by atoms with Crippen molar-refractivity contribution in [3.63, 3.8) is 0 Å². The topological polar surface area (TPSA) is 343 Å². The summed E-state index contributed by atoms with van der Waals surface area (Å²) in [5.41, 5.74) is 10.2. The van der Waals surface area contributed by atoms with E-state index in [4.69, 9.17) is 46.3 Å². The quantitative estimate of drug-likeness (QED) is 0.0595. The lowest BCUT2D eigenvalue weighted by molar-refractivity contribution is -0.118. The first-order valence-corrected chi connectivity index (χ1v) is 27.8. The third kappa shape index (κ3) is 15.8. The van der Waals surface area contributed by atoms with E-state index in [1.54, 1.807) is 24.3 Å². The van der Waals surface area contributed by atoms with Crippen LogP contribution in [0.2, 0.25) is 15.1 Å². The molecule has 86 heavy (non-hydrogen) atoms. The molecule has 2 aliphatic carbocycles. The second-order valence-corrected chi connectivity index (χ2v) is 21.6. The molecule has 7 heterocycles. The van der Waals surface area contributed by atoms with Gasteiger partial charge >= 0.3 is 0 Å². The highest BCUT2D eigenvalue weighted by Crippen LogP contribution is 2.33. The zero-order valence-corrected chi connectivity index (χ0v) is 49.2. The van der Waals surface area contributed by atoms with Gasteiger partial charge in [-0.1, -0.05) is 71.2 Å². The van der Waals surface area contributed by atoms with E-state index in [0.29, 0.717) is 40.4 Å². The largest absolute Gasteiger partial charge is 0.384 e. The molecule has 31 heteroatoms. The van der Waals surface area contributed by atoms with Crippen molar-refractivity contribution in [3.05, 3.63) is 222 Å². The highest BCUT2D eigenvalue weighted by molar-refractivity contribution is 9.10. The Morgan fingerprint density at radius 2 is 1.08 bits per heavy atom. The summed E-state index contributed by atoms with van der Waals surface area (Å²) in [6, 6.07) is 23.9. The number of anilines is 5. The highest BCUT2D eigenvalue weighted by atomic mass is 79.9. The van der Waals surface area contributed by atoms with Gasteiger partial charge in [-0.3, -0.25) is 52.3 Å². The molecule has 0 radical (unpaired) electrons. The number of carbonyl (C=O) groups is 6. The number of primary amides is 1. The average molecular weight is 1370 g/mol. The normalized spacial score (nSPS) is 14.9. The molecule has 12 rings (SSSR count). The first kappa shape index (κ1) is 62.9. The molecule has 442 valence electrons. The molecule has 2 fully saturated rings. The van der Waals surface area contributed by atoms with Crippen LogP contribution >= 0.6 is 66.7 Å². The Morgan fingerprint density at radius 3 is 1.57 bits per heavy atom. The molecule has 2 atom stereocenters. The summed E-state index contributed by atoms with van der Waals surface area (Å²) in [5.74, 6) is -1.61. The first-order valence-electron chi connectivity index (χ1n) is 25.1. The molecule has 10 N–H and O–H groups in total. The summed E-state index contributed by atoms with van der Waals surface area (Å²) >= 11 is 24.0. The van der Waals surface area contributed by atoms with Gasteiger partial charge in [0.15, 0.2) is 0 Å². The van der Waals surface area contributed by atoms with Gasteiger partial charge in [0.05, 0.1) is 24.0 Å². The molecule has 23 nitrogen and oxygen atoms in total. The smallest absolute Gasteiger partial charge is 0.276 e. The molecule has 0 bridgehead atoms. The van der Waals surface area contributed by atoms with E-state index in [-0.39, 0.29) is 82.1 Å². The molecule has 4 aliphatic rings. The van der Waals surface area contributed by atoms with Crippen LogP contribution in [-0.4, -0.2) is 69.9 Å². The number of nitrogens with one attached hydrogen (secondary N) is 6. The number of nitrogen functional groups attached to an aromatic ring is 1. The van der Waals surface area contributed by atoms with Crippen molar-refractivity contribution in [3.8, 4) is 0 Å². The second-order valence-electron chi connectivity index (χ2n) is 18.6. The predicted molar refractivity (Wildman–Crippen MR) is 318 cm³/mol. The van der Waals surface area contributed by atoms with Crippen LogP contribution < -0.4 is 54.7 Å². The molecule has 8 aromatic rings. The molecule has 3 aromatic carbocycles. The van der Waals surface area contributed by atoms with Gasteiger partial charge < -0.3 is 43.0 Å². The molecule has 2 unspecified atom stereocenters. The molecule has 0 spiro atoms. The van der Waals surface area contributed by atoms with Crippen molar-refractivity contribution >= 4 is 131 Å². The van der Waals surface area contributed by atoms with Gasteiger partial charge in [0.2, 0.25) is 11.8 Å². The van der Waals surface area contributed by atoms with Crippen molar-refractivity contribution < 1.29 is 41.9 Å². The maximum Gasteiger partial charge on any atom is 0.276 e. The van der Waals surface area contributed by atoms with Crippen molar-refractivity contribution in [2.75, 3.05) is 21.7 Å². The Labute approximate surface area is 514 Å². The van der Waals surface area contributed by atoms with E-state index < -0.39 is 58.4 Å². The number of benzene rings is 3. The van der Waals surface area contributed by atoms with Crippen molar-refractivity contribution in [2.24, 2.45) is 17.6 Å². The summed E-state index contributed by atoms with van der Waals surface area (Å²) in [5, 5.41) is 13.8. The number of fused-ring (bicyclic) bond motifs is 2. The summed E-state index contributed by atoms with van der Waals surface area (Å²) in [7, 11) is 0. The molecular formula is C55H42Br2Cl3F3N14O9. The number of halogens is 8.